The molecule has 1 saturated carbocycles. The Morgan fingerprint density at radius 1 is 1.38 bits per heavy atom. The number of nitrogens with one attached hydrogen (secondary N) is 1. The first-order chi connectivity index (χ1) is 10.2. The molecule has 1 N–H and O–H groups in total. The van der Waals surface area contributed by atoms with E-state index in [1.165, 1.54) is 18.9 Å². The van der Waals surface area contributed by atoms with Gasteiger partial charge in [0.25, 0.3) is 5.69 Å². The Balaban J connectivity index is 1.65. The van der Waals surface area contributed by atoms with E-state index in [4.69, 9.17) is 4.42 Å². The van der Waals surface area contributed by atoms with Crippen molar-refractivity contribution in [3.05, 3.63) is 46.5 Å². The second-order valence-corrected chi connectivity index (χ2v) is 5.22. The van der Waals surface area contributed by atoms with Gasteiger partial charge in [0.2, 0.25) is 0 Å². The summed E-state index contributed by atoms with van der Waals surface area (Å²) in [5.41, 5.74) is 0.507. The highest BCUT2D eigenvalue weighted by Crippen LogP contribution is 2.30. The van der Waals surface area contributed by atoms with E-state index in [1.807, 2.05) is 0 Å². The van der Waals surface area contributed by atoms with Crippen LogP contribution in [-0.4, -0.2) is 22.5 Å². The summed E-state index contributed by atoms with van der Waals surface area (Å²) in [6, 6.07) is 7.25. The van der Waals surface area contributed by atoms with Crippen molar-refractivity contribution < 1.29 is 9.34 Å². The summed E-state index contributed by atoms with van der Waals surface area (Å²) in [4.78, 5) is 14.8. The highest BCUT2D eigenvalue weighted by Gasteiger charge is 2.20. The van der Waals surface area contributed by atoms with E-state index in [0.29, 0.717) is 23.3 Å². The maximum atomic E-state index is 11.0. The summed E-state index contributed by atoms with van der Waals surface area (Å²) >= 11 is 0. The molecule has 3 rings (SSSR count). The van der Waals surface area contributed by atoms with Gasteiger partial charge < -0.3 is 9.73 Å². The minimum atomic E-state index is -0.406. The van der Waals surface area contributed by atoms with Gasteiger partial charge in [0.15, 0.2) is 11.7 Å². The summed E-state index contributed by atoms with van der Waals surface area (Å²) in [7, 11) is 0. The number of aryl methyl sites for hydroxylation is 1. The molecule has 0 bridgehead atoms. The zero-order valence-electron chi connectivity index (χ0n) is 11.6. The quantitative estimate of drug-likeness (QED) is 0.481. The van der Waals surface area contributed by atoms with Gasteiger partial charge >= 0.3 is 0 Å². The van der Waals surface area contributed by atoms with E-state index >= 15 is 0 Å². The number of hydrogen-bond donors (Lipinski definition) is 1. The zero-order chi connectivity index (χ0) is 14.7. The summed E-state index contributed by atoms with van der Waals surface area (Å²) in [6.45, 7) is 0.952. The monoisotopic (exact) mass is 287 g/mol. The number of benzene rings is 1. The van der Waals surface area contributed by atoms with E-state index in [1.54, 1.807) is 24.4 Å². The summed E-state index contributed by atoms with van der Waals surface area (Å²) in [6.07, 6.45) is 5.81. The molecule has 0 saturated heterocycles. The molecule has 1 fully saturated rings. The molecular formula is C15H17N3O3. The molecule has 1 aliphatic rings. The van der Waals surface area contributed by atoms with Crippen LogP contribution in [0.15, 0.2) is 34.9 Å². The van der Waals surface area contributed by atoms with Crippen LogP contribution < -0.4 is 5.32 Å². The van der Waals surface area contributed by atoms with Gasteiger partial charge in [-0.1, -0.05) is 12.1 Å². The van der Waals surface area contributed by atoms with E-state index < -0.39 is 4.92 Å². The van der Waals surface area contributed by atoms with Crippen molar-refractivity contribution in [3.63, 3.8) is 0 Å². The van der Waals surface area contributed by atoms with Crippen LogP contribution in [0.2, 0.25) is 0 Å². The Kier molecular flexibility index (Phi) is 3.96. The molecule has 0 radical (unpaired) electrons. The zero-order valence-corrected chi connectivity index (χ0v) is 11.6. The number of nitrogens with zero attached hydrogens (tertiary/aromatic N) is 2. The minimum Gasteiger partial charge on any atom is -0.440 e. The number of hydrogen-bond acceptors (Lipinski definition) is 5. The van der Waals surface area contributed by atoms with Crippen LogP contribution in [0.4, 0.5) is 5.69 Å². The number of para-hydroxylation sites is 1. The Morgan fingerprint density at radius 3 is 2.95 bits per heavy atom. The minimum absolute atomic E-state index is 0.0376. The first-order valence-corrected chi connectivity index (χ1v) is 7.16. The first-order valence-electron chi connectivity index (χ1n) is 7.16. The molecule has 0 amide bonds. The molecule has 0 aliphatic heterocycles. The molecule has 0 atom stereocenters. The number of oxazole rings is 1. The highest BCUT2D eigenvalue weighted by molar-refractivity contribution is 5.68. The molecular weight excluding hydrogens is 270 g/mol. The van der Waals surface area contributed by atoms with Gasteiger partial charge in [0, 0.05) is 18.5 Å². The smallest absolute Gasteiger partial charge is 0.280 e. The molecule has 0 spiro atoms. The largest absolute Gasteiger partial charge is 0.440 e. The number of rotatable bonds is 7. The third kappa shape index (κ3) is 3.46. The fraction of sp³-hybridized carbons (Fsp3) is 0.400. The molecule has 21 heavy (non-hydrogen) atoms. The van der Waals surface area contributed by atoms with Crippen molar-refractivity contribution in [3.8, 4) is 11.3 Å². The average Bonchev–Trinajstić information content (AvgIpc) is 3.20. The molecule has 1 heterocycles. The number of nitro groups is 1. The molecule has 1 aromatic carbocycles. The van der Waals surface area contributed by atoms with Gasteiger partial charge in [-0.05, 0) is 31.9 Å². The molecule has 2 aromatic rings. The van der Waals surface area contributed by atoms with E-state index in [0.717, 1.165) is 19.4 Å². The van der Waals surface area contributed by atoms with Gasteiger partial charge in [-0.2, -0.15) is 0 Å². The lowest BCUT2D eigenvalue weighted by Crippen LogP contribution is -2.17. The van der Waals surface area contributed by atoms with Crippen LogP contribution in [0.25, 0.3) is 11.3 Å². The lowest BCUT2D eigenvalue weighted by molar-refractivity contribution is -0.384. The van der Waals surface area contributed by atoms with Crippen LogP contribution in [0, 0.1) is 10.1 Å². The molecule has 1 aromatic heterocycles. The normalized spacial score (nSPS) is 14.3. The van der Waals surface area contributed by atoms with Crippen LogP contribution in [-0.2, 0) is 6.42 Å². The molecule has 6 heteroatoms. The maximum absolute atomic E-state index is 11.0. The van der Waals surface area contributed by atoms with Crippen LogP contribution in [0.3, 0.4) is 0 Å². The lowest BCUT2D eigenvalue weighted by atomic mass is 10.1. The van der Waals surface area contributed by atoms with Gasteiger partial charge in [0.05, 0.1) is 16.7 Å². The number of aromatic nitrogens is 1. The number of nitro benzene ring substituents is 1. The second-order valence-electron chi connectivity index (χ2n) is 5.22. The standard InChI is InChI=1S/C15H17N3O3/c19-18(20)13-5-2-1-4-12(13)14-10-17-15(21-14)6-3-9-16-11-7-8-11/h1-2,4-5,10-11,16H,3,6-9H2. The Bertz CT molecular complexity index is 635. The van der Waals surface area contributed by atoms with E-state index in [2.05, 4.69) is 10.3 Å². The summed E-state index contributed by atoms with van der Waals surface area (Å²) in [5, 5.41) is 14.4. The molecule has 6 nitrogen and oxygen atoms in total. The van der Waals surface area contributed by atoms with Gasteiger partial charge in [-0.3, -0.25) is 10.1 Å². The molecule has 1 aliphatic carbocycles. The SMILES string of the molecule is O=[N+]([O-])c1ccccc1-c1cnc(CCCNC2CC2)o1. The lowest BCUT2D eigenvalue weighted by Gasteiger charge is -2.00. The van der Waals surface area contributed by atoms with Crippen LogP contribution >= 0.6 is 0 Å². The van der Waals surface area contributed by atoms with Gasteiger partial charge in [-0.15, -0.1) is 0 Å². The van der Waals surface area contributed by atoms with Crippen molar-refractivity contribution in [2.24, 2.45) is 0 Å². The fourth-order valence-corrected chi connectivity index (χ4v) is 2.22. The third-order valence-corrected chi connectivity index (χ3v) is 3.50. The first kappa shape index (κ1) is 13.8. The van der Waals surface area contributed by atoms with Crippen molar-refractivity contribution >= 4 is 5.69 Å². The predicted octanol–water partition coefficient (Wildman–Crippen LogP) is 2.93. The average molecular weight is 287 g/mol. The van der Waals surface area contributed by atoms with Crippen molar-refractivity contribution in [2.75, 3.05) is 6.54 Å². The van der Waals surface area contributed by atoms with Crippen LogP contribution in [0.5, 0.6) is 0 Å². The van der Waals surface area contributed by atoms with Crippen LogP contribution in [0.1, 0.15) is 25.2 Å². The van der Waals surface area contributed by atoms with E-state index in [-0.39, 0.29) is 5.69 Å². The predicted molar refractivity (Wildman–Crippen MR) is 77.9 cm³/mol. The van der Waals surface area contributed by atoms with Crippen molar-refractivity contribution in [1.82, 2.24) is 10.3 Å². The third-order valence-electron chi connectivity index (χ3n) is 3.50. The summed E-state index contributed by atoms with van der Waals surface area (Å²) in [5.74, 6) is 1.08. The van der Waals surface area contributed by atoms with Gasteiger partial charge in [0.1, 0.15) is 0 Å². The topological polar surface area (TPSA) is 81.2 Å². The summed E-state index contributed by atoms with van der Waals surface area (Å²) < 4.78 is 5.64. The van der Waals surface area contributed by atoms with Crippen molar-refractivity contribution in [1.29, 1.82) is 0 Å². The maximum Gasteiger partial charge on any atom is 0.280 e. The second kappa shape index (κ2) is 6.05. The Morgan fingerprint density at radius 2 is 2.19 bits per heavy atom. The highest BCUT2D eigenvalue weighted by atomic mass is 16.6. The molecule has 110 valence electrons. The Hall–Kier alpha value is -2.21. The molecule has 0 unspecified atom stereocenters. The fourth-order valence-electron chi connectivity index (χ4n) is 2.22. The Labute approximate surface area is 122 Å². The van der Waals surface area contributed by atoms with Gasteiger partial charge in [-0.25, -0.2) is 4.98 Å². The van der Waals surface area contributed by atoms with E-state index in [9.17, 15) is 10.1 Å². The van der Waals surface area contributed by atoms with Crippen molar-refractivity contribution in [2.45, 2.75) is 31.7 Å².